The summed E-state index contributed by atoms with van der Waals surface area (Å²) >= 11 is 0. The summed E-state index contributed by atoms with van der Waals surface area (Å²) in [6.07, 6.45) is 0. The fourth-order valence-corrected chi connectivity index (χ4v) is 1.76. The maximum absolute atomic E-state index is 11.8. The number of para-hydroxylation sites is 1. The van der Waals surface area contributed by atoms with Crippen LogP contribution in [0.1, 0.15) is 0 Å². The molecule has 0 bridgehead atoms. The van der Waals surface area contributed by atoms with E-state index in [1.807, 2.05) is 35.2 Å². The van der Waals surface area contributed by atoms with E-state index in [4.69, 9.17) is 0 Å². The van der Waals surface area contributed by atoms with Crippen molar-refractivity contribution in [1.82, 2.24) is 10.2 Å². The lowest BCUT2D eigenvalue weighted by Gasteiger charge is -2.27. The zero-order chi connectivity index (χ0) is 11.2. The van der Waals surface area contributed by atoms with E-state index in [1.54, 1.807) is 0 Å². The smallest absolute Gasteiger partial charge is 0.241 e. The van der Waals surface area contributed by atoms with Gasteiger partial charge in [0.25, 0.3) is 0 Å². The molecular weight excluding hydrogens is 202 g/mol. The molecule has 0 atom stereocenters. The van der Waals surface area contributed by atoms with Crippen molar-refractivity contribution in [2.24, 2.45) is 0 Å². The van der Waals surface area contributed by atoms with Crippen LogP contribution in [-0.2, 0) is 4.79 Å². The maximum Gasteiger partial charge on any atom is 0.241 e. The first-order valence-corrected chi connectivity index (χ1v) is 5.64. The van der Waals surface area contributed by atoms with E-state index < -0.39 is 0 Å². The number of benzene rings is 1. The minimum atomic E-state index is 0.172. The highest BCUT2D eigenvalue weighted by Crippen LogP contribution is 2.04. The standard InChI is InChI=1S/C12H17N3O/c16-12(15-8-6-13-7-9-15)10-14-11-4-2-1-3-5-11/h1-5,13-14H,6-10H2. The minimum absolute atomic E-state index is 0.172. The van der Waals surface area contributed by atoms with Crippen LogP contribution in [0.4, 0.5) is 5.69 Å². The topological polar surface area (TPSA) is 44.4 Å². The van der Waals surface area contributed by atoms with Crippen LogP contribution in [0.3, 0.4) is 0 Å². The molecule has 4 heteroatoms. The predicted molar refractivity (Wildman–Crippen MR) is 64.4 cm³/mol. The van der Waals surface area contributed by atoms with Crippen molar-refractivity contribution in [3.63, 3.8) is 0 Å². The number of piperazine rings is 1. The molecule has 4 nitrogen and oxygen atoms in total. The number of hydrogen-bond donors (Lipinski definition) is 2. The summed E-state index contributed by atoms with van der Waals surface area (Å²) in [5, 5.41) is 6.36. The molecule has 0 spiro atoms. The number of rotatable bonds is 3. The molecule has 1 amide bonds. The van der Waals surface area contributed by atoms with E-state index in [9.17, 15) is 4.79 Å². The van der Waals surface area contributed by atoms with Gasteiger partial charge in [-0.15, -0.1) is 0 Å². The number of nitrogens with one attached hydrogen (secondary N) is 2. The summed E-state index contributed by atoms with van der Waals surface area (Å²) in [6.45, 7) is 3.81. The third-order valence-corrected chi connectivity index (χ3v) is 2.69. The third kappa shape index (κ3) is 2.97. The average molecular weight is 219 g/mol. The van der Waals surface area contributed by atoms with Crippen LogP contribution < -0.4 is 10.6 Å². The summed E-state index contributed by atoms with van der Waals surface area (Å²) in [4.78, 5) is 13.7. The van der Waals surface area contributed by atoms with Gasteiger partial charge in [-0.2, -0.15) is 0 Å². The molecule has 0 radical (unpaired) electrons. The van der Waals surface area contributed by atoms with E-state index in [0.29, 0.717) is 6.54 Å². The summed E-state index contributed by atoms with van der Waals surface area (Å²) in [7, 11) is 0. The Labute approximate surface area is 95.6 Å². The van der Waals surface area contributed by atoms with E-state index >= 15 is 0 Å². The van der Waals surface area contributed by atoms with Gasteiger partial charge in [0.1, 0.15) is 0 Å². The van der Waals surface area contributed by atoms with Crippen molar-refractivity contribution < 1.29 is 4.79 Å². The Hall–Kier alpha value is -1.55. The molecule has 0 aromatic heterocycles. The Morgan fingerprint density at radius 1 is 1.25 bits per heavy atom. The molecule has 1 aliphatic heterocycles. The van der Waals surface area contributed by atoms with Gasteiger partial charge in [0, 0.05) is 31.9 Å². The average Bonchev–Trinajstić information content (AvgIpc) is 2.38. The first-order chi connectivity index (χ1) is 7.86. The van der Waals surface area contributed by atoms with Crippen LogP contribution in [0.25, 0.3) is 0 Å². The fourth-order valence-electron chi connectivity index (χ4n) is 1.76. The molecular formula is C12H17N3O. The second-order valence-corrected chi connectivity index (χ2v) is 3.85. The summed E-state index contributed by atoms with van der Waals surface area (Å²) in [5.41, 5.74) is 0.992. The lowest BCUT2D eigenvalue weighted by Crippen LogP contribution is -2.48. The number of hydrogen-bond acceptors (Lipinski definition) is 3. The number of carbonyl (C=O) groups is 1. The van der Waals surface area contributed by atoms with E-state index in [-0.39, 0.29) is 5.91 Å². The van der Waals surface area contributed by atoms with Gasteiger partial charge in [-0.3, -0.25) is 4.79 Å². The molecule has 16 heavy (non-hydrogen) atoms. The Balaban J connectivity index is 1.79. The molecule has 2 N–H and O–H groups in total. The van der Waals surface area contributed by atoms with Crippen LogP contribution in [0, 0.1) is 0 Å². The van der Waals surface area contributed by atoms with E-state index in [2.05, 4.69) is 10.6 Å². The number of amides is 1. The highest BCUT2D eigenvalue weighted by atomic mass is 16.2. The molecule has 1 heterocycles. The highest BCUT2D eigenvalue weighted by molar-refractivity contribution is 5.80. The molecule has 1 fully saturated rings. The second kappa shape index (κ2) is 5.51. The molecule has 1 saturated heterocycles. The molecule has 1 aromatic carbocycles. The zero-order valence-corrected chi connectivity index (χ0v) is 9.28. The van der Waals surface area contributed by atoms with Gasteiger partial charge in [0.2, 0.25) is 5.91 Å². The molecule has 2 rings (SSSR count). The molecule has 1 aromatic rings. The Bertz CT molecular complexity index is 333. The molecule has 0 unspecified atom stereocenters. The van der Waals surface area contributed by atoms with Crippen molar-refractivity contribution in [1.29, 1.82) is 0 Å². The normalized spacial score (nSPS) is 15.9. The Morgan fingerprint density at radius 2 is 1.94 bits per heavy atom. The van der Waals surface area contributed by atoms with Gasteiger partial charge < -0.3 is 15.5 Å². The summed E-state index contributed by atoms with van der Waals surface area (Å²) < 4.78 is 0. The monoisotopic (exact) mass is 219 g/mol. The molecule has 1 aliphatic rings. The summed E-state index contributed by atoms with van der Waals surface area (Å²) in [5.74, 6) is 0.172. The fraction of sp³-hybridized carbons (Fsp3) is 0.417. The molecule has 86 valence electrons. The highest BCUT2D eigenvalue weighted by Gasteiger charge is 2.15. The van der Waals surface area contributed by atoms with Gasteiger partial charge >= 0.3 is 0 Å². The van der Waals surface area contributed by atoms with E-state index in [0.717, 1.165) is 31.9 Å². The molecule has 0 aliphatic carbocycles. The lowest BCUT2D eigenvalue weighted by atomic mass is 10.3. The number of nitrogens with zero attached hydrogens (tertiary/aromatic N) is 1. The van der Waals surface area contributed by atoms with E-state index in [1.165, 1.54) is 0 Å². The Morgan fingerprint density at radius 3 is 2.62 bits per heavy atom. The quantitative estimate of drug-likeness (QED) is 0.779. The second-order valence-electron chi connectivity index (χ2n) is 3.85. The lowest BCUT2D eigenvalue weighted by molar-refractivity contribution is -0.129. The first-order valence-electron chi connectivity index (χ1n) is 5.64. The first kappa shape index (κ1) is 11.0. The van der Waals surface area contributed by atoms with Crippen LogP contribution >= 0.6 is 0 Å². The van der Waals surface area contributed by atoms with Crippen molar-refractivity contribution in [2.75, 3.05) is 38.0 Å². The van der Waals surface area contributed by atoms with Crippen molar-refractivity contribution in [3.05, 3.63) is 30.3 Å². The summed E-state index contributed by atoms with van der Waals surface area (Å²) in [6, 6.07) is 9.80. The van der Waals surface area contributed by atoms with Crippen LogP contribution in [0.15, 0.2) is 30.3 Å². The predicted octanol–water partition coefficient (Wildman–Crippen LogP) is 0.530. The number of carbonyl (C=O) groups excluding carboxylic acids is 1. The third-order valence-electron chi connectivity index (χ3n) is 2.69. The largest absolute Gasteiger partial charge is 0.376 e. The van der Waals surface area contributed by atoms with Crippen LogP contribution in [0.5, 0.6) is 0 Å². The Kier molecular flexibility index (Phi) is 3.77. The molecule has 0 saturated carbocycles. The van der Waals surface area contributed by atoms with Crippen LogP contribution in [-0.4, -0.2) is 43.5 Å². The van der Waals surface area contributed by atoms with Gasteiger partial charge in [-0.25, -0.2) is 0 Å². The van der Waals surface area contributed by atoms with Gasteiger partial charge in [0.15, 0.2) is 0 Å². The minimum Gasteiger partial charge on any atom is -0.376 e. The zero-order valence-electron chi connectivity index (χ0n) is 9.28. The van der Waals surface area contributed by atoms with Gasteiger partial charge in [0.05, 0.1) is 6.54 Å². The van der Waals surface area contributed by atoms with Crippen molar-refractivity contribution in [3.8, 4) is 0 Å². The maximum atomic E-state index is 11.8. The number of anilines is 1. The SMILES string of the molecule is O=C(CNc1ccccc1)N1CCNCC1. The van der Waals surface area contributed by atoms with Crippen molar-refractivity contribution >= 4 is 11.6 Å². The van der Waals surface area contributed by atoms with Gasteiger partial charge in [-0.1, -0.05) is 18.2 Å². The van der Waals surface area contributed by atoms with Crippen LogP contribution in [0.2, 0.25) is 0 Å². The van der Waals surface area contributed by atoms with Crippen molar-refractivity contribution in [2.45, 2.75) is 0 Å². The van der Waals surface area contributed by atoms with Gasteiger partial charge in [-0.05, 0) is 12.1 Å².